The number of aryl methyl sites for hydroxylation is 2. The summed E-state index contributed by atoms with van der Waals surface area (Å²) in [5, 5.41) is 0.738. The zero-order chi connectivity index (χ0) is 14.6. The van der Waals surface area contributed by atoms with Crippen molar-refractivity contribution in [3.05, 3.63) is 16.9 Å². The Bertz CT molecular complexity index is 671. The lowest BCUT2D eigenvalue weighted by Gasteiger charge is -2.24. The molecule has 0 N–H and O–H groups in total. The number of hydrogen-bond donors (Lipinski definition) is 0. The Labute approximate surface area is 130 Å². The lowest BCUT2D eigenvalue weighted by molar-refractivity contribution is 0.672. The standard InChI is InChI=1S/C16H21ClN4/c1-10-18-14-7-13(17)15(19-16(14)20(10)2)21(8-11-3-4-11)9-12-5-6-12/h7,11-12H,3-6,8-9H2,1-2H3. The quantitative estimate of drug-likeness (QED) is 0.847. The highest BCUT2D eigenvalue weighted by Crippen LogP contribution is 2.37. The fourth-order valence-electron chi connectivity index (χ4n) is 2.89. The van der Waals surface area contributed by atoms with E-state index in [1.165, 1.54) is 25.7 Å². The third-order valence-corrected chi connectivity index (χ3v) is 4.93. The smallest absolute Gasteiger partial charge is 0.162 e. The summed E-state index contributed by atoms with van der Waals surface area (Å²) in [4.78, 5) is 11.8. The summed E-state index contributed by atoms with van der Waals surface area (Å²) in [6.45, 7) is 4.21. The number of halogens is 1. The van der Waals surface area contributed by atoms with E-state index in [1.807, 2.05) is 24.6 Å². The van der Waals surface area contributed by atoms with Crippen LogP contribution in [0.4, 0.5) is 5.82 Å². The van der Waals surface area contributed by atoms with Crippen LogP contribution in [-0.4, -0.2) is 27.6 Å². The van der Waals surface area contributed by atoms with Crippen molar-refractivity contribution < 1.29 is 0 Å². The maximum atomic E-state index is 6.51. The van der Waals surface area contributed by atoms with Crippen LogP contribution in [0.1, 0.15) is 31.5 Å². The van der Waals surface area contributed by atoms with Crippen molar-refractivity contribution >= 4 is 28.6 Å². The predicted octanol–water partition coefficient (Wildman–Crippen LogP) is 3.56. The molecule has 0 radical (unpaired) electrons. The number of aromatic nitrogens is 3. The Kier molecular flexibility index (Phi) is 3.10. The first-order valence-corrected chi connectivity index (χ1v) is 8.24. The van der Waals surface area contributed by atoms with Crippen LogP contribution in [0.3, 0.4) is 0 Å². The predicted molar refractivity (Wildman–Crippen MR) is 85.9 cm³/mol. The monoisotopic (exact) mass is 304 g/mol. The van der Waals surface area contributed by atoms with E-state index in [2.05, 4.69) is 9.88 Å². The van der Waals surface area contributed by atoms with Crippen molar-refractivity contribution in [2.75, 3.05) is 18.0 Å². The number of rotatable bonds is 5. The fraction of sp³-hybridized carbons (Fsp3) is 0.625. The SMILES string of the molecule is Cc1nc2cc(Cl)c(N(CC3CC3)CC3CC3)nc2n1C. The van der Waals surface area contributed by atoms with Gasteiger partial charge in [0.05, 0.1) is 5.02 Å². The van der Waals surface area contributed by atoms with Gasteiger partial charge in [0.1, 0.15) is 17.2 Å². The van der Waals surface area contributed by atoms with Gasteiger partial charge < -0.3 is 9.47 Å². The third-order valence-electron chi connectivity index (χ3n) is 4.65. The molecule has 2 aliphatic rings. The molecule has 2 heterocycles. The molecular formula is C16H21ClN4. The second-order valence-electron chi connectivity index (χ2n) is 6.65. The van der Waals surface area contributed by atoms with Crippen molar-refractivity contribution in [1.82, 2.24) is 14.5 Å². The maximum Gasteiger partial charge on any atom is 0.162 e. The van der Waals surface area contributed by atoms with E-state index in [9.17, 15) is 0 Å². The molecule has 2 fully saturated rings. The van der Waals surface area contributed by atoms with E-state index in [0.717, 1.165) is 52.8 Å². The van der Waals surface area contributed by atoms with Crippen molar-refractivity contribution in [2.24, 2.45) is 18.9 Å². The molecule has 0 amide bonds. The van der Waals surface area contributed by atoms with Crippen LogP contribution in [0.25, 0.3) is 11.2 Å². The van der Waals surface area contributed by atoms with Crippen LogP contribution in [0.5, 0.6) is 0 Å². The van der Waals surface area contributed by atoms with Crippen molar-refractivity contribution in [2.45, 2.75) is 32.6 Å². The summed E-state index contributed by atoms with van der Waals surface area (Å²) < 4.78 is 2.04. The highest BCUT2D eigenvalue weighted by atomic mass is 35.5. The average molecular weight is 305 g/mol. The van der Waals surface area contributed by atoms with Gasteiger partial charge in [0.15, 0.2) is 5.65 Å². The van der Waals surface area contributed by atoms with Crippen molar-refractivity contribution in [3.8, 4) is 0 Å². The zero-order valence-corrected chi connectivity index (χ0v) is 13.4. The molecular weight excluding hydrogens is 284 g/mol. The molecule has 0 aliphatic heterocycles. The molecule has 0 spiro atoms. The van der Waals surface area contributed by atoms with Crippen molar-refractivity contribution in [3.63, 3.8) is 0 Å². The summed E-state index contributed by atoms with van der Waals surface area (Å²) in [5.74, 6) is 3.60. The summed E-state index contributed by atoms with van der Waals surface area (Å²) >= 11 is 6.51. The molecule has 2 aliphatic carbocycles. The Morgan fingerprint density at radius 1 is 1.19 bits per heavy atom. The number of imidazole rings is 1. The Hall–Kier alpha value is -1.29. The Morgan fingerprint density at radius 2 is 1.81 bits per heavy atom. The van der Waals surface area contributed by atoms with Gasteiger partial charge in [0, 0.05) is 20.1 Å². The van der Waals surface area contributed by atoms with Gasteiger partial charge in [-0.05, 0) is 50.5 Å². The van der Waals surface area contributed by atoms with Gasteiger partial charge in [0.2, 0.25) is 0 Å². The van der Waals surface area contributed by atoms with E-state index < -0.39 is 0 Å². The highest BCUT2D eigenvalue weighted by Gasteiger charge is 2.31. The molecule has 2 saturated carbocycles. The van der Waals surface area contributed by atoms with E-state index in [1.54, 1.807) is 0 Å². The van der Waals surface area contributed by atoms with E-state index in [0.29, 0.717) is 0 Å². The lowest BCUT2D eigenvalue weighted by atomic mass is 10.3. The van der Waals surface area contributed by atoms with Gasteiger partial charge in [-0.3, -0.25) is 0 Å². The second-order valence-corrected chi connectivity index (χ2v) is 7.05. The molecule has 112 valence electrons. The molecule has 5 heteroatoms. The van der Waals surface area contributed by atoms with Crippen molar-refractivity contribution in [1.29, 1.82) is 0 Å². The zero-order valence-electron chi connectivity index (χ0n) is 12.6. The Morgan fingerprint density at radius 3 is 2.38 bits per heavy atom. The lowest BCUT2D eigenvalue weighted by Crippen LogP contribution is -2.29. The summed E-state index contributed by atoms with van der Waals surface area (Å²) in [6, 6.07) is 1.97. The first kappa shape index (κ1) is 13.4. The minimum absolute atomic E-state index is 0.738. The molecule has 2 aromatic rings. The summed E-state index contributed by atoms with van der Waals surface area (Å²) in [7, 11) is 2.02. The van der Waals surface area contributed by atoms with Crippen LogP contribution < -0.4 is 4.90 Å². The van der Waals surface area contributed by atoms with Crippen LogP contribution in [0.15, 0.2) is 6.07 Å². The molecule has 0 bridgehead atoms. The van der Waals surface area contributed by atoms with Gasteiger partial charge in [-0.15, -0.1) is 0 Å². The first-order chi connectivity index (χ1) is 10.1. The van der Waals surface area contributed by atoms with E-state index >= 15 is 0 Å². The molecule has 2 aromatic heterocycles. The normalized spacial score (nSPS) is 18.4. The second kappa shape index (κ2) is 4.87. The molecule has 0 saturated heterocycles. The minimum atomic E-state index is 0.738. The molecule has 0 aromatic carbocycles. The minimum Gasteiger partial charge on any atom is -0.355 e. The number of pyridine rings is 1. The van der Waals surface area contributed by atoms with Gasteiger partial charge in [-0.2, -0.15) is 0 Å². The highest BCUT2D eigenvalue weighted by molar-refractivity contribution is 6.33. The van der Waals surface area contributed by atoms with Crippen LogP contribution in [-0.2, 0) is 7.05 Å². The third kappa shape index (κ3) is 2.61. The number of fused-ring (bicyclic) bond motifs is 1. The molecule has 0 atom stereocenters. The van der Waals surface area contributed by atoms with Crippen LogP contribution >= 0.6 is 11.6 Å². The van der Waals surface area contributed by atoms with Gasteiger partial charge in [0.25, 0.3) is 0 Å². The van der Waals surface area contributed by atoms with E-state index in [-0.39, 0.29) is 0 Å². The number of anilines is 1. The van der Waals surface area contributed by atoms with Crippen LogP contribution in [0.2, 0.25) is 5.02 Å². The summed E-state index contributed by atoms with van der Waals surface area (Å²) in [5.41, 5.74) is 1.82. The number of hydrogen-bond acceptors (Lipinski definition) is 3. The first-order valence-electron chi connectivity index (χ1n) is 7.86. The fourth-order valence-corrected chi connectivity index (χ4v) is 3.15. The molecule has 4 nitrogen and oxygen atoms in total. The number of nitrogens with zero attached hydrogens (tertiary/aromatic N) is 4. The topological polar surface area (TPSA) is 34.0 Å². The largest absolute Gasteiger partial charge is 0.355 e. The molecule has 0 unspecified atom stereocenters. The molecule has 21 heavy (non-hydrogen) atoms. The van der Waals surface area contributed by atoms with Gasteiger partial charge >= 0.3 is 0 Å². The maximum absolute atomic E-state index is 6.51. The van der Waals surface area contributed by atoms with Crippen LogP contribution in [0, 0.1) is 18.8 Å². The Balaban J connectivity index is 1.73. The molecule has 4 rings (SSSR count). The van der Waals surface area contributed by atoms with Gasteiger partial charge in [-0.1, -0.05) is 11.6 Å². The average Bonchev–Trinajstić information content (AvgIpc) is 3.33. The summed E-state index contributed by atoms with van der Waals surface area (Å²) in [6.07, 6.45) is 5.41. The van der Waals surface area contributed by atoms with E-state index in [4.69, 9.17) is 16.6 Å². The van der Waals surface area contributed by atoms with Gasteiger partial charge in [-0.25, -0.2) is 9.97 Å².